The number of carbonyl (C=O) groups is 2. The monoisotopic (exact) mass is 367 g/mol. The highest BCUT2D eigenvalue weighted by molar-refractivity contribution is 6.31. The van der Waals surface area contributed by atoms with Crippen LogP contribution in [0.2, 0.25) is 5.02 Å². The van der Waals surface area contributed by atoms with Crippen LogP contribution in [0.4, 0.5) is 5.69 Å². The molecule has 0 unspecified atom stereocenters. The SMILES string of the molecule is COC(=O)C1=C(C)N(c2ccc(C)cc2)/C(=C/c2cccc(Cl)c2)C1=O. The van der Waals surface area contributed by atoms with E-state index >= 15 is 0 Å². The van der Waals surface area contributed by atoms with Gasteiger partial charge >= 0.3 is 5.97 Å². The van der Waals surface area contributed by atoms with Gasteiger partial charge in [-0.1, -0.05) is 41.4 Å². The molecule has 1 heterocycles. The number of ketones is 1. The van der Waals surface area contributed by atoms with Crippen LogP contribution in [0.1, 0.15) is 18.1 Å². The first-order chi connectivity index (χ1) is 12.4. The van der Waals surface area contributed by atoms with E-state index in [1.54, 1.807) is 30.0 Å². The molecule has 3 rings (SSSR count). The molecule has 0 N–H and O–H groups in total. The molecule has 0 aromatic heterocycles. The molecule has 0 fully saturated rings. The topological polar surface area (TPSA) is 46.6 Å². The minimum atomic E-state index is -0.640. The molecule has 0 saturated heterocycles. The number of nitrogens with zero attached hydrogens (tertiary/aromatic N) is 1. The zero-order chi connectivity index (χ0) is 18.8. The van der Waals surface area contributed by atoms with Crippen LogP contribution >= 0.6 is 11.6 Å². The number of benzene rings is 2. The Bertz CT molecular complexity index is 942. The van der Waals surface area contributed by atoms with Crippen molar-refractivity contribution in [3.63, 3.8) is 0 Å². The Balaban J connectivity index is 2.16. The number of rotatable bonds is 3. The van der Waals surface area contributed by atoms with Crippen molar-refractivity contribution in [1.82, 2.24) is 0 Å². The molecule has 132 valence electrons. The molecule has 0 spiro atoms. The Morgan fingerprint density at radius 2 is 1.81 bits per heavy atom. The number of esters is 1. The van der Waals surface area contributed by atoms with Crippen molar-refractivity contribution in [2.75, 3.05) is 12.0 Å². The molecule has 2 aromatic rings. The van der Waals surface area contributed by atoms with Crippen molar-refractivity contribution >= 4 is 35.1 Å². The molecule has 0 atom stereocenters. The summed E-state index contributed by atoms with van der Waals surface area (Å²) >= 11 is 6.06. The standard InChI is InChI=1S/C21H18ClNO3/c1-13-7-9-17(10-8-13)23-14(2)19(21(25)26-3)20(24)18(23)12-15-5-4-6-16(22)11-15/h4-12H,1-3H3/b18-12+. The first-order valence-corrected chi connectivity index (χ1v) is 8.48. The number of carbonyl (C=O) groups excluding carboxylic acids is 2. The van der Waals surface area contributed by atoms with Gasteiger partial charge in [0.2, 0.25) is 5.78 Å². The summed E-state index contributed by atoms with van der Waals surface area (Å²) < 4.78 is 4.80. The largest absolute Gasteiger partial charge is 0.465 e. The van der Waals surface area contributed by atoms with Crippen molar-refractivity contribution in [1.29, 1.82) is 0 Å². The van der Waals surface area contributed by atoms with Gasteiger partial charge in [0.15, 0.2) is 0 Å². The normalized spacial score (nSPS) is 15.8. The molecule has 2 aromatic carbocycles. The van der Waals surface area contributed by atoms with Crippen LogP contribution in [0, 0.1) is 6.92 Å². The third kappa shape index (κ3) is 3.28. The van der Waals surface area contributed by atoms with E-state index in [1.807, 2.05) is 43.3 Å². The Morgan fingerprint density at radius 3 is 2.42 bits per heavy atom. The van der Waals surface area contributed by atoms with Gasteiger partial charge in [0.1, 0.15) is 5.57 Å². The number of anilines is 1. The lowest BCUT2D eigenvalue weighted by atomic mass is 10.1. The van der Waals surface area contributed by atoms with Gasteiger partial charge in [-0.05, 0) is 49.8 Å². The fourth-order valence-corrected chi connectivity index (χ4v) is 3.14. The minimum Gasteiger partial charge on any atom is -0.465 e. The van der Waals surface area contributed by atoms with E-state index in [0.717, 1.165) is 16.8 Å². The third-order valence-corrected chi connectivity index (χ3v) is 4.47. The van der Waals surface area contributed by atoms with Gasteiger partial charge in [0.05, 0.1) is 12.8 Å². The van der Waals surface area contributed by atoms with Gasteiger partial charge in [-0.15, -0.1) is 0 Å². The highest BCUT2D eigenvalue weighted by atomic mass is 35.5. The number of hydrogen-bond donors (Lipinski definition) is 0. The van der Waals surface area contributed by atoms with E-state index in [9.17, 15) is 9.59 Å². The lowest BCUT2D eigenvalue weighted by molar-refractivity contribution is -0.137. The fraction of sp³-hybridized carbons (Fsp3) is 0.143. The van der Waals surface area contributed by atoms with Crippen LogP contribution in [0.25, 0.3) is 6.08 Å². The fourth-order valence-electron chi connectivity index (χ4n) is 2.94. The molecular weight excluding hydrogens is 350 g/mol. The molecule has 5 heteroatoms. The maximum absolute atomic E-state index is 13.0. The first kappa shape index (κ1) is 18.0. The van der Waals surface area contributed by atoms with Crippen molar-refractivity contribution in [3.8, 4) is 0 Å². The number of Topliss-reactive ketones (excluding diaryl/α,β-unsaturated/α-hetero) is 1. The maximum atomic E-state index is 13.0. The second-order valence-electron chi connectivity index (χ2n) is 6.04. The molecule has 0 aliphatic carbocycles. The van der Waals surface area contributed by atoms with Crippen LogP contribution in [-0.4, -0.2) is 18.9 Å². The van der Waals surface area contributed by atoms with E-state index in [1.165, 1.54) is 7.11 Å². The van der Waals surface area contributed by atoms with Gasteiger partial charge in [0, 0.05) is 16.4 Å². The summed E-state index contributed by atoms with van der Waals surface area (Å²) in [5.74, 6) is -1.01. The van der Waals surface area contributed by atoms with E-state index in [0.29, 0.717) is 16.4 Å². The zero-order valence-corrected chi connectivity index (χ0v) is 15.5. The first-order valence-electron chi connectivity index (χ1n) is 8.10. The number of ether oxygens (including phenoxy) is 1. The highest BCUT2D eigenvalue weighted by Gasteiger charge is 2.38. The lowest BCUT2D eigenvalue weighted by Crippen LogP contribution is -2.18. The van der Waals surface area contributed by atoms with Crippen molar-refractivity contribution in [3.05, 3.63) is 81.6 Å². The molecule has 0 saturated carbocycles. The Morgan fingerprint density at radius 1 is 1.12 bits per heavy atom. The van der Waals surface area contributed by atoms with Crippen LogP contribution < -0.4 is 4.90 Å². The minimum absolute atomic E-state index is 0.0429. The second kappa shape index (κ2) is 7.18. The van der Waals surface area contributed by atoms with Crippen LogP contribution in [0.3, 0.4) is 0 Å². The zero-order valence-electron chi connectivity index (χ0n) is 14.7. The van der Waals surface area contributed by atoms with Crippen LogP contribution in [-0.2, 0) is 14.3 Å². The summed E-state index contributed by atoms with van der Waals surface area (Å²) in [6, 6.07) is 14.9. The van der Waals surface area contributed by atoms with Gasteiger partial charge in [0.25, 0.3) is 0 Å². The van der Waals surface area contributed by atoms with E-state index in [-0.39, 0.29) is 11.4 Å². The highest BCUT2D eigenvalue weighted by Crippen LogP contribution is 2.35. The average Bonchev–Trinajstić information content (AvgIpc) is 2.86. The van der Waals surface area contributed by atoms with Gasteiger partial charge in [-0.2, -0.15) is 0 Å². The summed E-state index contributed by atoms with van der Waals surface area (Å²) in [6.07, 6.45) is 1.73. The van der Waals surface area contributed by atoms with Crippen molar-refractivity contribution < 1.29 is 14.3 Å². The summed E-state index contributed by atoms with van der Waals surface area (Å²) in [5, 5.41) is 0.574. The van der Waals surface area contributed by atoms with E-state index in [2.05, 4.69) is 0 Å². The van der Waals surface area contributed by atoms with Gasteiger partial charge in [-0.25, -0.2) is 4.79 Å². The Hall–Kier alpha value is -2.85. The molecular formula is C21H18ClNO3. The van der Waals surface area contributed by atoms with Gasteiger partial charge in [-0.3, -0.25) is 4.79 Å². The number of hydrogen-bond acceptors (Lipinski definition) is 4. The summed E-state index contributed by atoms with van der Waals surface area (Å²) in [6.45, 7) is 3.73. The van der Waals surface area contributed by atoms with Crippen LogP contribution in [0.5, 0.6) is 0 Å². The average molecular weight is 368 g/mol. The second-order valence-corrected chi connectivity index (χ2v) is 6.47. The van der Waals surface area contributed by atoms with E-state index < -0.39 is 5.97 Å². The molecule has 0 radical (unpaired) electrons. The van der Waals surface area contributed by atoms with Crippen molar-refractivity contribution in [2.45, 2.75) is 13.8 Å². The molecule has 1 aliphatic heterocycles. The maximum Gasteiger partial charge on any atom is 0.343 e. The number of allylic oxidation sites excluding steroid dienone is 2. The Labute approximate surface area is 157 Å². The quantitative estimate of drug-likeness (QED) is 0.454. The molecule has 26 heavy (non-hydrogen) atoms. The summed E-state index contributed by atoms with van der Waals surface area (Å²) in [5.41, 5.74) is 3.65. The van der Waals surface area contributed by atoms with E-state index in [4.69, 9.17) is 16.3 Å². The predicted molar refractivity (Wildman–Crippen MR) is 103 cm³/mol. The van der Waals surface area contributed by atoms with Gasteiger partial charge < -0.3 is 9.64 Å². The number of aryl methyl sites for hydroxylation is 1. The summed E-state index contributed by atoms with van der Waals surface area (Å²) in [7, 11) is 1.27. The molecule has 0 bridgehead atoms. The molecule has 1 aliphatic rings. The number of halogens is 1. The molecule has 0 amide bonds. The van der Waals surface area contributed by atoms with Crippen LogP contribution in [0.15, 0.2) is 65.5 Å². The Kier molecular flexibility index (Phi) is 4.96. The lowest BCUT2D eigenvalue weighted by Gasteiger charge is -2.21. The summed E-state index contributed by atoms with van der Waals surface area (Å²) in [4.78, 5) is 26.9. The number of methoxy groups -OCH3 is 1. The third-order valence-electron chi connectivity index (χ3n) is 4.23. The van der Waals surface area contributed by atoms with Crippen molar-refractivity contribution in [2.24, 2.45) is 0 Å². The molecule has 4 nitrogen and oxygen atoms in total. The smallest absolute Gasteiger partial charge is 0.343 e. The predicted octanol–water partition coefficient (Wildman–Crippen LogP) is 4.53.